The largest absolute Gasteiger partial charge is 0.508 e. The van der Waals surface area contributed by atoms with Gasteiger partial charge in [0.1, 0.15) is 10.5 Å². The van der Waals surface area contributed by atoms with Crippen LogP contribution in [0.25, 0.3) is 11.4 Å². The Balaban J connectivity index is 1.73. The highest BCUT2D eigenvalue weighted by Crippen LogP contribution is 2.34. The van der Waals surface area contributed by atoms with E-state index in [4.69, 9.17) is 0 Å². The molecule has 9 heteroatoms. The van der Waals surface area contributed by atoms with Gasteiger partial charge in [0.05, 0.1) is 5.75 Å². The highest BCUT2D eigenvalue weighted by molar-refractivity contribution is 7.93. The predicted octanol–water partition coefficient (Wildman–Crippen LogP) is 1.72. The van der Waals surface area contributed by atoms with Crippen molar-refractivity contribution in [2.24, 2.45) is 5.92 Å². The third-order valence-corrected chi connectivity index (χ3v) is 6.98. The molecule has 1 amide bonds. The van der Waals surface area contributed by atoms with Crippen LogP contribution in [0, 0.1) is 5.92 Å². The third-order valence-electron chi connectivity index (χ3n) is 4.33. The second-order valence-electron chi connectivity index (χ2n) is 6.74. The Morgan fingerprint density at radius 3 is 2.56 bits per heavy atom. The summed E-state index contributed by atoms with van der Waals surface area (Å²) < 4.78 is 23.4. The molecule has 2 aromatic rings. The molecule has 1 aromatic carbocycles. The van der Waals surface area contributed by atoms with E-state index in [1.165, 1.54) is 26.0 Å². The number of nitrogens with zero attached hydrogens (tertiary/aromatic N) is 2. The Labute approximate surface area is 145 Å². The monoisotopic (exact) mass is 364 g/mol. The van der Waals surface area contributed by atoms with Gasteiger partial charge in [0.15, 0.2) is 15.7 Å². The van der Waals surface area contributed by atoms with Crippen LogP contribution in [-0.2, 0) is 14.6 Å². The zero-order chi connectivity index (χ0) is 18.2. The van der Waals surface area contributed by atoms with Crippen molar-refractivity contribution in [2.75, 3.05) is 11.1 Å². The van der Waals surface area contributed by atoms with E-state index in [-0.39, 0.29) is 23.4 Å². The van der Waals surface area contributed by atoms with Gasteiger partial charge in [-0.15, -0.1) is 5.10 Å². The number of nitrogens with one attached hydrogen (secondary N) is 2. The van der Waals surface area contributed by atoms with Crippen molar-refractivity contribution < 1.29 is 18.3 Å². The molecule has 0 radical (unpaired) electrons. The van der Waals surface area contributed by atoms with Gasteiger partial charge >= 0.3 is 0 Å². The average molecular weight is 364 g/mol. The molecule has 0 spiro atoms. The fourth-order valence-electron chi connectivity index (χ4n) is 2.26. The Kier molecular flexibility index (Phi) is 4.28. The van der Waals surface area contributed by atoms with Gasteiger partial charge in [-0.2, -0.15) is 4.98 Å². The van der Waals surface area contributed by atoms with E-state index in [9.17, 15) is 18.3 Å². The van der Waals surface area contributed by atoms with Crippen LogP contribution in [0.3, 0.4) is 0 Å². The molecule has 0 unspecified atom stereocenters. The van der Waals surface area contributed by atoms with Crippen molar-refractivity contribution in [3.8, 4) is 17.1 Å². The van der Waals surface area contributed by atoms with Gasteiger partial charge < -0.3 is 5.11 Å². The van der Waals surface area contributed by atoms with Crippen molar-refractivity contribution in [3.05, 3.63) is 24.3 Å². The number of aromatic amines is 1. The second-order valence-corrected chi connectivity index (χ2v) is 9.33. The van der Waals surface area contributed by atoms with Gasteiger partial charge in [-0.1, -0.05) is 0 Å². The maximum atomic E-state index is 12.5. The number of hydrogen-bond acceptors (Lipinski definition) is 6. The van der Waals surface area contributed by atoms with E-state index in [0.29, 0.717) is 11.4 Å². The number of aromatic hydroxyl groups is 1. The van der Waals surface area contributed by atoms with Crippen LogP contribution in [0.1, 0.15) is 26.7 Å². The summed E-state index contributed by atoms with van der Waals surface area (Å²) >= 11 is 0. The van der Waals surface area contributed by atoms with Crippen LogP contribution in [0.5, 0.6) is 5.75 Å². The standard InChI is InChI=1S/C16H20N4O4S/c1-16(2,25(23,24)9-10-3-4-10)14(22)18-15-17-13(19-20-15)11-5-7-12(21)8-6-11/h5-8,10,21H,3-4,9H2,1-2H3,(H2,17,18,19,20,22). The fourth-order valence-corrected chi connectivity index (χ4v) is 3.97. The molecule has 134 valence electrons. The topological polar surface area (TPSA) is 125 Å². The van der Waals surface area contributed by atoms with Crippen LogP contribution in [0.15, 0.2) is 24.3 Å². The van der Waals surface area contributed by atoms with Gasteiger partial charge in [-0.3, -0.25) is 15.2 Å². The van der Waals surface area contributed by atoms with E-state index in [1.54, 1.807) is 12.1 Å². The van der Waals surface area contributed by atoms with E-state index in [1.807, 2.05) is 0 Å². The number of carbonyl (C=O) groups excluding carboxylic acids is 1. The number of benzene rings is 1. The SMILES string of the molecule is CC(C)(C(=O)Nc1n[nH]c(-c2ccc(O)cc2)n1)S(=O)(=O)CC1CC1. The van der Waals surface area contributed by atoms with Crippen molar-refractivity contribution in [1.82, 2.24) is 15.2 Å². The number of aromatic nitrogens is 3. The lowest BCUT2D eigenvalue weighted by Crippen LogP contribution is -2.46. The van der Waals surface area contributed by atoms with Gasteiger partial charge in [-0.05, 0) is 56.9 Å². The zero-order valence-corrected chi connectivity index (χ0v) is 14.8. The van der Waals surface area contributed by atoms with Crippen molar-refractivity contribution in [2.45, 2.75) is 31.4 Å². The van der Waals surface area contributed by atoms with Crippen molar-refractivity contribution >= 4 is 21.7 Å². The maximum absolute atomic E-state index is 12.5. The molecule has 0 atom stereocenters. The predicted molar refractivity (Wildman–Crippen MR) is 92.7 cm³/mol. The molecule has 3 rings (SSSR count). The summed E-state index contributed by atoms with van der Waals surface area (Å²) in [6.07, 6.45) is 1.79. The highest BCUT2D eigenvalue weighted by atomic mass is 32.2. The Morgan fingerprint density at radius 1 is 1.32 bits per heavy atom. The van der Waals surface area contributed by atoms with E-state index >= 15 is 0 Å². The first-order chi connectivity index (χ1) is 11.7. The summed E-state index contributed by atoms with van der Waals surface area (Å²) in [5.74, 6) is 0.0578. The van der Waals surface area contributed by atoms with Crippen LogP contribution in [0.4, 0.5) is 5.95 Å². The molecule has 1 aliphatic carbocycles. The highest BCUT2D eigenvalue weighted by Gasteiger charge is 2.44. The first-order valence-electron chi connectivity index (χ1n) is 7.94. The molecule has 1 fully saturated rings. The maximum Gasteiger partial charge on any atom is 0.249 e. The second kappa shape index (κ2) is 6.14. The summed E-state index contributed by atoms with van der Waals surface area (Å²) in [4.78, 5) is 16.6. The van der Waals surface area contributed by atoms with Crippen molar-refractivity contribution in [3.63, 3.8) is 0 Å². The Morgan fingerprint density at radius 2 is 1.96 bits per heavy atom. The minimum atomic E-state index is -3.57. The molecule has 25 heavy (non-hydrogen) atoms. The third kappa shape index (κ3) is 3.65. The van der Waals surface area contributed by atoms with Crippen molar-refractivity contribution in [1.29, 1.82) is 0 Å². The summed E-state index contributed by atoms with van der Waals surface area (Å²) in [6.45, 7) is 2.79. The number of anilines is 1. The summed E-state index contributed by atoms with van der Waals surface area (Å²) in [6, 6.07) is 6.30. The molecular formula is C16H20N4O4S. The lowest BCUT2D eigenvalue weighted by Gasteiger charge is -2.22. The normalized spacial score (nSPS) is 15.1. The van der Waals surface area contributed by atoms with E-state index in [0.717, 1.165) is 12.8 Å². The number of amides is 1. The van der Waals surface area contributed by atoms with Gasteiger partial charge in [0.2, 0.25) is 11.9 Å². The summed E-state index contributed by atoms with van der Waals surface area (Å²) in [5.41, 5.74) is 0.673. The number of H-pyrrole nitrogens is 1. The fraction of sp³-hybridized carbons (Fsp3) is 0.438. The molecule has 0 aliphatic heterocycles. The first-order valence-corrected chi connectivity index (χ1v) is 9.60. The number of rotatable bonds is 6. The smallest absolute Gasteiger partial charge is 0.249 e. The van der Waals surface area contributed by atoms with Crippen LogP contribution in [-0.4, -0.2) is 45.1 Å². The molecule has 1 aliphatic rings. The number of phenols is 1. The Hall–Kier alpha value is -2.42. The lowest BCUT2D eigenvalue weighted by molar-refractivity contribution is -0.117. The lowest BCUT2D eigenvalue weighted by atomic mass is 10.2. The van der Waals surface area contributed by atoms with Crippen LogP contribution >= 0.6 is 0 Å². The summed E-state index contributed by atoms with van der Waals surface area (Å²) in [7, 11) is -3.57. The number of hydrogen-bond donors (Lipinski definition) is 3. The van der Waals surface area contributed by atoms with E-state index in [2.05, 4.69) is 20.5 Å². The molecule has 1 heterocycles. The molecule has 0 saturated heterocycles. The zero-order valence-electron chi connectivity index (χ0n) is 14.0. The number of carbonyl (C=O) groups is 1. The molecule has 8 nitrogen and oxygen atoms in total. The average Bonchev–Trinajstić information content (AvgIpc) is 3.22. The quantitative estimate of drug-likeness (QED) is 0.717. The number of phenolic OH excluding ortho intramolecular Hbond substituents is 1. The number of sulfone groups is 1. The van der Waals surface area contributed by atoms with Crippen LogP contribution < -0.4 is 5.32 Å². The summed E-state index contributed by atoms with van der Waals surface area (Å²) in [5, 5.41) is 18.3. The molecule has 1 aromatic heterocycles. The van der Waals surface area contributed by atoms with Gasteiger partial charge in [0.25, 0.3) is 0 Å². The Bertz CT molecular complexity index is 883. The molecule has 1 saturated carbocycles. The minimum Gasteiger partial charge on any atom is -0.508 e. The first kappa shape index (κ1) is 17.4. The molecule has 0 bridgehead atoms. The van der Waals surface area contributed by atoms with E-state index < -0.39 is 20.5 Å². The molecular weight excluding hydrogens is 344 g/mol. The molecule has 3 N–H and O–H groups in total. The van der Waals surface area contributed by atoms with Gasteiger partial charge in [-0.25, -0.2) is 8.42 Å². The van der Waals surface area contributed by atoms with Crippen LogP contribution in [0.2, 0.25) is 0 Å². The minimum absolute atomic E-state index is 0.00257. The van der Waals surface area contributed by atoms with Gasteiger partial charge in [0, 0.05) is 5.56 Å².